The number of nitrogens with one attached hydrogen (secondary N) is 1. The normalized spacial score (nSPS) is 52.6. The molecule has 4 bridgehead atoms. The van der Waals surface area contributed by atoms with Gasteiger partial charge in [-0.15, -0.1) is 0 Å². The summed E-state index contributed by atoms with van der Waals surface area (Å²) >= 11 is 0. The molecule has 0 spiro atoms. The van der Waals surface area contributed by atoms with Crippen LogP contribution in [0.4, 0.5) is 0 Å². The smallest absolute Gasteiger partial charge is 0.0129 e. The number of rotatable bonds is 4. The van der Waals surface area contributed by atoms with E-state index in [0.29, 0.717) is 6.04 Å². The van der Waals surface area contributed by atoms with Crippen molar-refractivity contribution in [3.8, 4) is 0 Å². The minimum absolute atomic E-state index is 0.396. The number of nitrogens with two attached hydrogens (primary N) is 1. The Labute approximate surface area is 124 Å². The van der Waals surface area contributed by atoms with Crippen molar-refractivity contribution in [3.05, 3.63) is 0 Å². The molecule has 6 atom stereocenters. The largest absolute Gasteiger partial charge is 0.328 e. The van der Waals surface area contributed by atoms with Crippen molar-refractivity contribution in [1.82, 2.24) is 5.32 Å². The van der Waals surface area contributed by atoms with Crippen molar-refractivity contribution in [2.45, 2.75) is 76.9 Å². The molecule has 5 unspecified atom stereocenters. The predicted molar refractivity (Wildman–Crippen MR) is 83.3 cm³/mol. The molecule has 0 amide bonds. The maximum Gasteiger partial charge on any atom is 0.0129 e. The van der Waals surface area contributed by atoms with Crippen molar-refractivity contribution in [1.29, 1.82) is 0 Å². The first-order valence-electron chi connectivity index (χ1n) is 9.16. The molecule has 2 nitrogen and oxygen atoms in total. The molecule has 0 aliphatic heterocycles. The van der Waals surface area contributed by atoms with Gasteiger partial charge >= 0.3 is 0 Å². The lowest BCUT2D eigenvalue weighted by atomic mass is 9.84. The molecule has 114 valence electrons. The summed E-state index contributed by atoms with van der Waals surface area (Å²) in [6, 6.07) is 1.93. The van der Waals surface area contributed by atoms with Crippen LogP contribution in [0.1, 0.15) is 58.8 Å². The summed E-state index contributed by atoms with van der Waals surface area (Å²) in [7, 11) is 0. The second kappa shape index (κ2) is 4.98. The zero-order valence-corrected chi connectivity index (χ0v) is 13.2. The number of hydrogen-bond donors (Lipinski definition) is 2. The fraction of sp³-hybridized carbons (Fsp3) is 1.00. The minimum Gasteiger partial charge on any atom is -0.328 e. The van der Waals surface area contributed by atoms with Gasteiger partial charge in [-0.3, -0.25) is 0 Å². The Bertz CT molecular complexity index is 346. The van der Waals surface area contributed by atoms with Crippen LogP contribution in [-0.4, -0.2) is 18.1 Å². The fourth-order valence-electron chi connectivity index (χ4n) is 6.78. The van der Waals surface area contributed by atoms with Crippen LogP contribution in [0.15, 0.2) is 0 Å². The molecule has 4 fully saturated rings. The highest BCUT2D eigenvalue weighted by molar-refractivity contribution is 5.05. The molecular formula is C18H32N2. The highest BCUT2D eigenvalue weighted by Crippen LogP contribution is 2.53. The summed E-state index contributed by atoms with van der Waals surface area (Å²) in [5, 5.41) is 4.11. The summed E-state index contributed by atoms with van der Waals surface area (Å²) in [5.41, 5.74) is 6.23. The Hall–Kier alpha value is -0.0800. The molecule has 0 radical (unpaired) electrons. The molecule has 3 N–H and O–H groups in total. The first-order valence-corrected chi connectivity index (χ1v) is 9.16. The summed E-state index contributed by atoms with van der Waals surface area (Å²) in [6.45, 7) is 4.71. The molecule has 4 aliphatic carbocycles. The van der Waals surface area contributed by atoms with E-state index in [4.69, 9.17) is 5.73 Å². The van der Waals surface area contributed by atoms with Crippen LogP contribution in [-0.2, 0) is 0 Å². The van der Waals surface area contributed by atoms with Crippen LogP contribution in [0.3, 0.4) is 0 Å². The predicted octanol–water partition coefficient (Wildman–Crippen LogP) is 3.16. The third kappa shape index (κ3) is 1.98. The Kier molecular flexibility index (Phi) is 3.38. The third-order valence-electron chi connectivity index (χ3n) is 7.58. The van der Waals surface area contributed by atoms with E-state index in [2.05, 4.69) is 19.2 Å². The van der Waals surface area contributed by atoms with E-state index in [1.54, 1.807) is 0 Å². The van der Waals surface area contributed by atoms with E-state index >= 15 is 0 Å². The highest BCUT2D eigenvalue weighted by Gasteiger charge is 2.51. The third-order valence-corrected chi connectivity index (χ3v) is 7.58. The van der Waals surface area contributed by atoms with E-state index in [9.17, 15) is 0 Å². The topological polar surface area (TPSA) is 38.0 Å². The molecule has 0 saturated heterocycles. The molecule has 0 heterocycles. The SMILES string of the molecule is CC(NC1C2CCC1C([C@H](C)N)C2)C1C2CCC1CC2. The Morgan fingerprint density at radius 2 is 1.50 bits per heavy atom. The Morgan fingerprint density at radius 3 is 2.05 bits per heavy atom. The van der Waals surface area contributed by atoms with E-state index in [-0.39, 0.29) is 0 Å². The summed E-state index contributed by atoms with van der Waals surface area (Å²) in [4.78, 5) is 0. The zero-order chi connectivity index (χ0) is 13.9. The number of hydrogen-bond acceptors (Lipinski definition) is 2. The van der Waals surface area contributed by atoms with Gasteiger partial charge in [-0.05, 0) is 94.3 Å². The molecule has 4 aliphatic rings. The highest BCUT2D eigenvalue weighted by atomic mass is 15.0. The lowest BCUT2D eigenvalue weighted by Crippen LogP contribution is -2.45. The second-order valence-electron chi connectivity index (χ2n) is 8.49. The van der Waals surface area contributed by atoms with E-state index in [0.717, 1.165) is 47.6 Å². The van der Waals surface area contributed by atoms with Gasteiger partial charge in [0.2, 0.25) is 0 Å². The van der Waals surface area contributed by atoms with Gasteiger partial charge in [0.05, 0.1) is 0 Å². The van der Waals surface area contributed by atoms with Gasteiger partial charge < -0.3 is 11.1 Å². The standard InChI is InChI=1S/C18H32N2/c1-10(19)16-9-14-7-8-15(16)18(14)20-11(2)17-12-3-4-13(17)6-5-12/h10-18,20H,3-9,19H2,1-2H3/t10-,11?,12?,13?,14?,15?,16?,17?,18?/m0/s1. The summed E-state index contributed by atoms with van der Waals surface area (Å²) in [6.07, 6.45) is 10.3. The molecule has 0 aromatic rings. The summed E-state index contributed by atoms with van der Waals surface area (Å²) in [5.74, 6) is 5.68. The second-order valence-corrected chi connectivity index (χ2v) is 8.49. The maximum atomic E-state index is 6.23. The molecule has 2 heteroatoms. The lowest BCUT2D eigenvalue weighted by Gasteiger charge is -2.31. The number of fused-ring (bicyclic) bond motifs is 4. The van der Waals surface area contributed by atoms with Crippen LogP contribution < -0.4 is 11.1 Å². The lowest BCUT2D eigenvalue weighted by molar-refractivity contribution is 0.241. The molecule has 0 aromatic heterocycles. The van der Waals surface area contributed by atoms with E-state index < -0.39 is 0 Å². The first-order chi connectivity index (χ1) is 9.65. The summed E-state index contributed by atoms with van der Waals surface area (Å²) < 4.78 is 0. The van der Waals surface area contributed by atoms with E-state index in [1.807, 2.05) is 0 Å². The molecule has 20 heavy (non-hydrogen) atoms. The Morgan fingerprint density at radius 1 is 0.900 bits per heavy atom. The van der Waals surface area contributed by atoms with Crippen LogP contribution in [0.5, 0.6) is 0 Å². The van der Waals surface area contributed by atoms with E-state index in [1.165, 1.54) is 44.9 Å². The monoisotopic (exact) mass is 276 g/mol. The van der Waals surface area contributed by atoms with Crippen LogP contribution in [0.2, 0.25) is 0 Å². The molecule has 4 saturated carbocycles. The van der Waals surface area contributed by atoms with Gasteiger partial charge in [0.1, 0.15) is 0 Å². The van der Waals surface area contributed by atoms with Gasteiger partial charge in [-0.1, -0.05) is 0 Å². The van der Waals surface area contributed by atoms with Crippen molar-refractivity contribution in [3.63, 3.8) is 0 Å². The molecule has 4 rings (SSSR count). The van der Waals surface area contributed by atoms with Gasteiger partial charge in [0.15, 0.2) is 0 Å². The average Bonchev–Trinajstić information content (AvgIpc) is 3.18. The van der Waals surface area contributed by atoms with Crippen molar-refractivity contribution in [2.24, 2.45) is 41.2 Å². The van der Waals surface area contributed by atoms with Gasteiger partial charge in [0.25, 0.3) is 0 Å². The fourth-order valence-corrected chi connectivity index (χ4v) is 6.78. The van der Waals surface area contributed by atoms with Crippen molar-refractivity contribution >= 4 is 0 Å². The quantitative estimate of drug-likeness (QED) is 0.828. The van der Waals surface area contributed by atoms with Crippen LogP contribution in [0, 0.1) is 35.5 Å². The van der Waals surface area contributed by atoms with Crippen LogP contribution in [0.25, 0.3) is 0 Å². The van der Waals surface area contributed by atoms with Gasteiger partial charge in [-0.2, -0.15) is 0 Å². The first kappa shape index (κ1) is 13.6. The van der Waals surface area contributed by atoms with Crippen molar-refractivity contribution in [2.75, 3.05) is 0 Å². The minimum atomic E-state index is 0.396. The van der Waals surface area contributed by atoms with Crippen LogP contribution >= 0.6 is 0 Å². The van der Waals surface area contributed by atoms with Gasteiger partial charge in [0, 0.05) is 18.1 Å². The maximum absolute atomic E-state index is 6.23. The average molecular weight is 276 g/mol. The molecular weight excluding hydrogens is 244 g/mol. The molecule has 0 aromatic carbocycles. The Balaban J connectivity index is 1.42. The van der Waals surface area contributed by atoms with Gasteiger partial charge in [-0.25, -0.2) is 0 Å². The zero-order valence-electron chi connectivity index (χ0n) is 13.2. The van der Waals surface area contributed by atoms with Crippen molar-refractivity contribution < 1.29 is 0 Å².